The maximum absolute atomic E-state index is 13.0. The van der Waals surface area contributed by atoms with Crippen LogP contribution in [0, 0.1) is 0 Å². The molecule has 2 aromatic carbocycles. The number of fused-ring (bicyclic) bond motifs is 1. The molecule has 0 bridgehead atoms. The average Bonchev–Trinajstić information content (AvgIpc) is 3.25. The summed E-state index contributed by atoms with van der Waals surface area (Å²) in [6.07, 6.45) is -2.90. The zero-order valence-corrected chi connectivity index (χ0v) is 20.9. The first-order chi connectivity index (χ1) is 17.1. The molecule has 0 saturated carbocycles. The van der Waals surface area contributed by atoms with Crippen LogP contribution < -0.4 is 5.32 Å². The molecule has 2 heterocycles. The minimum Gasteiger partial charge on any atom is -0.469 e. The lowest BCUT2D eigenvalue weighted by molar-refractivity contribution is -0.141. The number of carbonyl (C=O) groups excluding carboxylic acids is 2. The van der Waals surface area contributed by atoms with Crippen LogP contribution in [0.4, 0.5) is 13.2 Å². The molecule has 0 radical (unpaired) electrons. The summed E-state index contributed by atoms with van der Waals surface area (Å²) in [5, 5.41) is 2.89. The van der Waals surface area contributed by atoms with Crippen molar-refractivity contribution in [1.82, 2.24) is 15.2 Å². The fourth-order valence-corrected chi connectivity index (χ4v) is 4.32. The number of hydrogen-bond donors (Lipinski definition) is 1. The van der Waals surface area contributed by atoms with Crippen molar-refractivity contribution in [2.75, 3.05) is 7.11 Å². The van der Waals surface area contributed by atoms with Crippen molar-refractivity contribution in [3.8, 4) is 0 Å². The second kappa shape index (κ2) is 10.8. The Labute approximate surface area is 214 Å². The lowest BCUT2D eigenvalue weighted by Crippen LogP contribution is -2.30. The van der Waals surface area contributed by atoms with E-state index in [9.17, 15) is 22.8 Å². The number of nitrogens with one attached hydrogen (secondary N) is 1. The lowest BCUT2D eigenvalue weighted by Gasteiger charge is -2.18. The van der Waals surface area contributed by atoms with Crippen LogP contribution in [0.5, 0.6) is 0 Å². The van der Waals surface area contributed by atoms with E-state index in [-0.39, 0.29) is 12.3 Å². The molecule has 1 aliphatic rings. The van der Waals surface area contributed by atoms with Crippen LogP contribution in [0.1, 0.15) is 50.8 Å². The summed E-state index contributed by atoms with van der Waals surface area (Å²) in [5.41, 5.74) is 2.89. The first-order valence-electron chi connectivity index (χ1n) is 11.1. The van der Waals surface area contributed by atoms with Crippen molar-refractivity contribution in [2.24, 2.45) is 0 Å². The Balaban J connectivity index is 1.43. The molecule has 0 fully saturated rings. The molecule has 1 unspecified atom stereocenters. The third-order valence-electron chi connectivity index (χ3n) is 5.95. The number of carbonyl (C=O) groups is 2. The van der Waals surface area contributed by atoms with E-state index < -0.39 is 23.8 Å². The van der Waals surface area contributed by atoms with Crippen molar-refractivity contribution in [3.63, 3.8) is 0 Å². The molecular weight excluding hydrogens is 539 g/mol. The summed E-state index contributed by atoms with van der Waals surface area (Å²) < 4.78 is 44.1. The summed E-state index contributed by atoms with van der Waals surface area (Å²) in [7, 11) is 1.30. The summed E-state index contributed by atoms with van der Waals surface area (Å²) in [4.78, 5) is 31.4. The first-order valence-corrected chi connectivity index (χ1v) is 11.9. The Morgan fingerprint density at radius 3 is 2.44 bits per heavy atom. The molecule has 1 aromatic heterocycles. The van der Waals surface area contributed by atoms with Crippen LogP contribution in [0.25, 0.3) is 0 Å². The van der Waals surface area contributed by atoms with Gasteiger partial charge in [-0.3, -0.25) is 19.5 Å². The van der Waals surface area contributed by atoms with Crippen LogP contribution in [0.2, 0.25) is 0 Å². The molecule has 3 aromatic rings. The number of esters is 1. The van der Waals surface area contributed by atoms with Gasteiger partial charge in [-0.2, -0.15) is 13.2 Å². The first kappa shape index (κ1) is 25.8. The van der Waals surface area contributed by atoms with E-state index in [2.05, 4.69) is 26.2 Å². The van der Waals surface area contributed by atoms with E-state index >= 15 is 0 Å². The average molecular weight is 562 g/mol. The third kappa shape index (κ3) is 6.30. The maximum atomic E-state index is 13.0. The van der Waals surface area contributed by atoms with Gasteiger partial charge in [0, 0.05) is 30.3 Å². The number of methoxy groups -OCH3 is 1. The second-order valence-electron chi connectivity index (χ2n) is 8.53. The molecule has 6 nitrogen and oxygen atoms in total. The van der Waals surface area contributed by atoms with Gasteiger partial charge in [0.1, 0.15) is 0 Å². The highest BCUT2D eigenvalue weighted by Gasteiger charge is 2.30. The fraction of sp³-hybridized carbons (Fsp3) is 0.269. The van der Waals surface area contributed by atoms with Crippen molar-refractivity contribution >= 4 is 27.8 Å². The molecule has 0 spiro atoms. The Bertz CT molecular complexity index is 1250. The highest BCUT2D eigenvalue weighted by molar-refractivity contribution is 9.10. The van der Waals surface area contributed by atoms with Crippen molar-refractivity contribution in [3.05, 3.63) is 98.8 Å². The van der Waals surface area contributed by atoms with Gasteiger partial charge in [-0.1, -0.05) is 40.2 Å². The Morgan fingerprint density at radius 2 is 1.81 bits per heavy atom. The van der Waals surface area contributed by atoms with E-state index in [0.717, 1.165) is 39.0 Å². The number of hydrogen-bond acceptors (Lipinski definition) is 5. The van der Waals surface area contributed by atoms with Gasteiger partial charge in [0.2, 0.25) is 0 Å². The molecule has 1 atom stereocenters. The second-order valence-corrected chi connectivity index (χ2v) is 9.44. The Kier molecular flexibility index (Phi) is 7.75. The maximum Gasteiger partial charge on any atom is 0.416 e. The topological polar surface area (TPSA) is 71.5 Å². The van der Waals surface area contributed by atoms with Gasteiger partial charge in [-0.25, -0.2) is 0 Å². The number of benzene rings is 2. The normalized spacial score (nSPS) is 14.2. The van der Waals surface area contributed by atoms with Crippen molar-refractivity contribution < 1.29 is 27.5 Å². The Morgan fingerprint density at radius 1 is 1.11 bits per heavy atom. The molecule has 0 aliphatic carbocycles. The number of alkyl halides is 3. The van der Waals surface area contributed by atoms with Crippen LogP contribution in [0.3, 0.4) is 0 Å². The monoisotopic (exact) mass is 561 g/mol. The van der Waals surface area contributed by atoms with E-state index in [1.807, 2.05) is 29.2 Å². The highest BCUT2D eigenvalue weighted by atomic mass is 79.9. The smallest absolute Gasteiger partial charge is 0.416 e. The molecule has 1 aliphatic heterocycles. The van der Waals surface area contributed by atoms with E-state index in [1.165, 1.54) is 25.4 Å². The lowest BCUT2D eigenvalue weighted by atomic mass is 10.0. The predicted octanol–water partition coefficient (Wildman–Crippen LogP) is 5.41. The number of nitrogens with zero attached hydrogens (tertiary/aromatic N) is 2. The minimum atomic E-state index is -4.36. The molecule has 36 heavy (non-hydrogen) atoms. The number of amides is 1. The summed E-state index contributed by atoms with van der Waals surface area (Å²) in [6.45, 7) is 1.51. The number of aromatic nitrogens is 1. The van der Waals surface area contributed by atoms with Gasteiger partial charge in [-0.15, -0.1) is 0 Å². The molecular formula is C26H23BrF3N3O3. The van der Waals surface area contributed by atoms with Crippen LogP contribution in [0.15, 0.2) is 65.3 Å². The highest BCUT2D eigenvalue weighted by Crippen LogP contribution is 2.30. The SMILES string of the molecule is COC(=O)CC(NC(=O)c1cnc2c(c1)CN(Cc1ccc(C(F)(F)F)cc1)C2)c1ccc(Br)cc1. The van der Waals surface area contributed by atoms with Gasteiger partial charge in [0.05, 0.1) is 36.4 Å². The molecule has 1 N–H and O–H groups in total. The number of rotatable bonds is 7. The van der Waals surface area contributed by atoms with Gasteiger partial charge in [0.15, 0.2) is 0 Å². The summed E-state index contributed by atoms with van der Waals surface area (Å²) in [6, 6.07) is 13.6. The van der Waals surface area contributed by atoms with E-state index in [4.69, 9.17) is 4.74 Å². The van der Waals surface area contributed by atoms with Crippen molar-refractivity contribution in [2.45, 2.75) is 38.3 Å². The number of ether oxygens (including phenoxy) is 1. The van der Waals surface area contributed by atoms with Crippen LogP contribution in [-0.4, -0.2) is 28.9 Å². The van der Waals surface area contributed by atoms with Gasteiger partial charge in [0.25, 0.3) is 5.91 Å². The van der Waals surface area contributed by atoms with Gasteiger partial charge < -0.3 is 10.1 Å². The Hall–Kier alpha value is -3.24. The van der Waals surface area contributed by atoms with Gasteiger partial charge in [-0.05, 0) is 47.0 Å². The number of halogens is 4. The molecule has 188 valence electrons. The van der Waals surface area contributed by atoms with Crippen LogP contribution >= 0.6 is 15.9 Å². The predicted molar refractivity (Wildman–Crippen MR) is 130 cm³/mol. The minimum absolute atomic E-state index is 0.0247. The molecule has 4 rings (SSSR count). The standard InChI is InChI=1S/C26H23BrF3N3O3/c1-36-24(34)11-22(17-4-8-21(27)9-5-17)32-25(35)18-10-19-14-33(15-23(19)31-12-18)13-16-2-6-20(7-3-16)26(28,29)30/h2-10,12,22H,11,13-15H2,1H3,(H,32,35). The van der Waals surface area contributed by atoms with Gasteiger partial charge >= 0.3 is 12.1 Å². The van der Waals surface area contributed by atoms with E-state index in [0.29, 0.717) is 25.2 Å². The fourth-order valence-electron chi connectivity index (χ4n) is 4.06. The molecule has 1 amide bonds. The zero-order valence-electron chi connectivity index (χ0n) is 19.3. The zero-order chi connectivity index (χ0) is 25.9. The molecule has 0 saturated heterocycles. The summed E-state index contributed by atoms with van der Waals surface area (Å²) >= 11 is 3.38. The quantitative estimate of drug-likeness (QED) is 0.390. The third-order valence-corrected chi connectivity index (χ3v) is 6.48. The van der Waals surface area contributed by atoms with E-state index in [1.54, 1.807) is 6.07 Å². The number of pyridine rings is 1. The molecule has 10 heteroatoms. The van der Waals surface area contributed by atoms with Crippen molar-refractivity contribution in [1.29, 1.82) is 0 Å². The van der Waals surface area contributed by atoms with Crippen LogP contribution in [-0.2, 0) is 35.3 Å². The largest absolute Gasteiger partial charge is 0.469 e. The summed E-state index contributed by atoms with van der Waals surface area (Å²) in [5.74, 6) is -0.822.